The number of likely N-dealkylation sites (tertiary alicyclic amines) is 1. The van der Waals surface area contributed by atoms with Crippen LogP contribution in [0.2, 0.25) is 0 Å². The number of allylic oxidation sites excluding steroid dienone is 2. The van der Waals surface area contributed by atoms with Gasteiger partial charge < -0.3 is 35.1 Å². The van der Waals surface area contributed by atoms with E-state index in [-0.39, 0.29) is 43.6 Å². The van der Waals surface area contributed by atoms with Crippen LogP contribution >= 0.6 is 0 Å². The Morgan fingerprint density at radius 2 is 1.82 bits per heavy atom. The van der Waals surface area contributed by atoms with Crippen molar-refractivity contribution >= 4 is 50.3 Å². The van der Waals surface area contributed by atoms with Crippen LogP contribution in [0, 0.1) is 23.7 Å². The number of ether oxygens (including phenoxy) is 3. The number of amides is 4. The maximum absolute atomic E-state index is 14.7. The van der Waals surface area contributed by atoms with Gasteiger partial charge in [0.2, 0.25) is 33.6 Å². The van der Waals surface area contributed by atoms with E-state index < -0.39 is 75.0 Å². The van der Waals surface area contributed by atoms with Crippen molar-refractivity contribution in [1.82, 2.24) is 19.9 Å². The monoisotopic (exact) mass is 884 g/mol. The van der Waals surface area contributed by atoms with Crippen LogP contribution in [-0.2, 0) is 33.9 Å². The lowest BCUT2D eigenvalue weighted by Crippen LogP contribution is -2.56. The molecule has 6 rings (SSSR count). The van der Waals surface area contributed by atoms with Crippen molar-refractivity contribution < 1.29 is 46.2 Å². The number of nitrogens with zero attached hydrogens (tertiary/aromatic N) is 3. The van der Waals surface area contributed by atoms with Gasteiger partial charge in [-0.2, -0.15) is 0 Å². The number of rotatable bonds is 18. The normalized spacial score (nSPS) is 24.1. The minimum Gasteiger partial charge on any atom is -0.472 e. The molecule has 1 unspecified atom stereocenters. The van der Waals surface area contributed by atoms with Gasteiger partial charge in [-0.1, -0.05) is 57.0 Å². The fourth-order valence-electron chi connectivity index (χ4n) is 9.15. The van der Waals surface area contributed by atoms with E-state index in [0.717, 1.165) is 48.8 Å². The highest BCUT2D eigenvalue weighted by Gasteiger charge is 2.56. The zero-order chi connectivity index (χ0) is 44.8. The lowest BCUT2D eigenvalue weighted by molar-refractivity contribution is -0.140. The number of alkyl halides is 1. The zero-order valence-electron chi connectivity index (χ0n) is 36.8. The summed E-state index contributed by atoms with van der Waals surface area (Å²) in [6, 6.07) is 5.83. The number of pyridine rings is 1. The summed E-state index contributed by atoms with van der Waals surface area (Å²) >= 11 is 0. The Kier molecular flexibility index (Phi) is 15.1. The molecule has 1 aromatic carbocycles. The van der Waals surface area contributed by atoms with Gasteiger partial charge in [-0.25, -0.2) is 22.6 Å². The van der Waals surface area contributed by atoms with E-state index in [1.54, 1.807) is 27.0 Å². The molecule has 3 heterocycles. The highest BCUT2D eigenvalue weighted by atomic mass is 32.2. The van der Waals surface area contributed by atoms with Gasteiger partial charge in [0.25, 0.3) is 0 Å². The highest BCUT2D eigenvalue weighted by Crippen LogP contribution is 2.44. The molecule has 15 nitrogen and oxygen atoms in total. The molecule has 4 aliphatic rings. The molecule has 17 heteroatoms. The lowest BCUT2D eigenvalue weighted by Gasteiger charge is -2.33. The standard InChI is InChI=1S/C45H65FN6O9S/c1-6-30(24-29(2)12-7-8-13-31-14-11-17-33(31)40(54)50-62(57,58)45(28-46)18-19-45)38(49-43(56)61-44(3,4)5)42(55)52-27-32(25-36(52)39(47)53)60-41-35-16-10-9-15-34(35)37(26-48-41)51-20-22-59-23-21-51/h8-10,13,15-16,26,29-33,36,38H,6-7,11-12,14,17-25,27-28H2,1-5H3,(H2,47,53)(H,49,56)(H,50,54)/b13-8-/t29-,30-,31-,32-,33?,36+,38+/m1/s1. The highest BCUT2D eigenvalue weighted by molar-refractivity contribution is 7.91. The Labute approximate surface area is 365 Å². The molecule has 342 valence electrons. The van der Waals surface area contributed by atoms with Crippen molar-refractivity contribution in [1.29, 1.82) is 0 Å². The van der Waals surface area contributed by atoms with Gasteiger partial charge >= 0.3 is 6.09 Å². The second-order valence-electron chi connectivity index (χ2n) is 18.6. The summed E-state index contributed by atoms with van der Waals surface area (Å²) in [6.07, 6.45) is 9.64. The summed E-state index contributed by atoms with van der Waals surface area (Å²) in [5.74, 6) is -2.16. The molecular weight excluding hydrogens is 820 g/mol. The largest absolute Gasteiger partial charge is 0.472 e. The van der Waals surface area contributed by atoms with Crippen LogP contribution in [0.25, 0.3) is 10.8 Å². The third-order valence-corrected chi connectivity index (χ3v) is 15.0. The number of carbonyl (C=O) groups is 4. The minimum atomic E-state index is -4.08. The number of halogens is 1. The smallest absolute Gasteiger partial charge is 0.408 e. The fraction of sp³-hybridized carbons (Fsp3) is 0.667. The Hall–Kier alpha value is -4.51. The molecule has 4 N–H and O–H groups in total. The summed E-state index contributed by atoms with van der Waals surface area (Å²) in [5.41, 5.74) is 6.09. The number of carbonyl (C=O) groups excluding carboxylic acids is 4. The summed E-state index contributed by atoms with van der Waals surface area (Å²) in [6.45, 7) is 11.0. The van der Waals surface area contributed by atoms with Crippen molar-refractivity contribution in [3.05, 3.63) is 42.6 Å². The molecular formula is C45H65FN6O9S. The topological polar surface area (TPSA) is 200 Å². The van der Waals surface area contributed by atoms with E-state index in [1.165, 1.54) is 4.90 Å². The van der Waals surface area contributed by atoms with Crippen LogP contribution in [0.3, 0.4) is 0 Å². The number of hydrogen-bond acceptors (Lipinski definition) is 11. The lowest BCUT2D eigenvalue weighted by atomic mass is 9.84. The number of fused-ring (bicyclic) bond motifs is 1. The zero-order valence-corrected chi connectivity index (χ0v) is 37.6. The maximum Gasteiger partial charge on any atom is 0.408 e. The Morgan fingerprint density at radius 1 is 1.11 bits per heavy atom. The first-order valence-corrected chi connectivity index (χ1v) is 23.7. The Morgan fingerprint density at radius 3 is 2.47 bits per heavy atom. The molecule has 1 aromatic heterocycles. The van der Waals surface area contributed by atoms with Gasteiger partial charge in [0.05, 0.1) is 31.6 Å². The molecule has 0 spiro atoms. The first-order chi connectivity index (χ1) is 29.5. The molecule has 4 fully saturated rings. The van der Waals surface area contributed by atoms with E-state index in [4.69, 9.17) is 24.9 Å². The van der Waals surface area contributed by atoms with Crippen LogP contribution in [0.5, 0.6) is 5.88 Å². The number of sulfonamides is 1. The number of alkyl carbamates (subject to hydrolysis) is 1. The van der Waals surface area contributed by atoms with Crippen molar-refractivity contribution in [2.24, 2.45) is 29.4 Å². The maximum atomic E-state index is 14.7. The summed E-state index contributed by atoms with van der Waals surface area (Å²) in [4.78, 5) is 62.4. The predicted octanol–water partition coefficient (Wildman–Crippen LogP) is 5.55. The van der Waals surface area contributed by atoms with Crippen LogP contribution < -0.4 is 25.4 Å². The van der Waals surface area contributed by atoms with Crippen molar-refractivity contribution in [2.45, 2.75) is 127 Å². The molecule has 4 amide bonds. The van der Waals surface area contributed by atoms with Crippen LogP contribution in [0.4, 0.5) is 14.9 Å². The Bertz CT molecular complexity index is 2070. The fourth-order valence-corrected chi connectivity index (χ4v) is 10.6. The quantitative estimate of drug-likeness (QED) is 0.159. The molecule has 2 aliphatic heterocycles. The van der Waals surface area contributed by atoms with Gasteiger partial charge in [-0.05, 0) is 89.5 Å². The SMILES string of the molecule is CC[C@H](C[C@H](C)CC/C=C\[C@@H]1CCCC1C(=O)NS(=O)(=O)C1(CF)CC1)[C@H](NC(=O)OC(C)(C)C)C(=O)N1C[C@H](Oc2ncc(N3CCOCC3)c3ccccc23)C[C@H]1C(N)=O. The second-order valence-corrected chi connectivity index (χ2v) is 20.7. The van der Waals surface area contributed by atoms with E-state index in [1.807, 2.05) is 43.3 Å². The molecule has 7 atom stereocenters. The van der Waals surface area contributed by atoms with Gasteiger partial charge in [-0.3, -0.25) is 19.1 Å². The number of hydrogen-bond donors (Lipinski definition) is 3. The van der Waals surface area contributed by atoms with Crippen LogP contribution in [0.15, 0.2) is 42.6 Å². The average Bonchev–Trinajstić information content (AvgIpc) is 3.72. The molecule has 2 saturated heterocycles. The molecule has 2 aliphatic carbocycles. The number of primary amides is 1. The van der Waals surface area contributed by atoms with Gasteiger partial charge in [-0.15, -0.1) is 0 Å². The predicted molar refractivity (Wildman–Crippen MR) is 233 cm³/mol. The second kappa shape index (κ2) is 19.9. The molecule has 2 aromatic rings. The minimum absolute atomic E-state index is 0.0553. The van der Waals surface area contributed by atoms with E-state index in [9.17, 15) is 32.0 Å². The third-order valence-electron chi connectivity index (χ3n) is 12.9. The van der Waals surface area contributed by atoms with Crippen molar-refractivity contribution in [2.75, 3.05) is 44.4 Å². The average molecular weight is 885 g/mol. The van der Waals surface area contributed by atoms with E-state index >= 15 is 0 Å². The molecule has 62 heavy (non-hydrogen) atoms. The van der Waals surface area contributed by atoms with E-state index in [0.29, 0.717) is 44.8 Å². The van der Waals surface area contributed by atoms with Gasteiger partial charge in [0.1, 0.15) is 35.2 Å². The summed E-state index contributed by atoms with van der Waals surface area (Å²) in [5, 5.41) is 4.63. The number of nitrogens with one attached hydrogen (secondary N) is 2. The number of benzene rings is 1. The summed E-state index contributed by atoms with van der Waals surface area (Å²) < 4.78 is 57.2. The summed E-state index contributed by atoms with van der Waals surface area (Å²) in [7, 11) is -4.08. The molecule has 0 radical (unpaired) electrons. The van der Waals surface area contributed by atoms with E-state index in [2.05, 4.69) is 21.9 Å². The van der Waals surface area contributed by atoms with Crippen molar-refractivity contribution in [3.63, 3.8) is 0 Å². The third kappa shape index (κ3) is 11.2. The Balaban J connectivity index is 1.12. The number of morpholine rings is 1. The number of aromatic nitrogens is 1. The number of nitrogens with two attached hydrogens (primary N) is 1. The van der Waals surface area contributed by atoms with Gasteiger partial charge in [0.15, 0.2) is 0 Å². The van der Waals surface area contributed by atoms with Crippen LogP contribution in [-0.4, -0.2) is 110 Å². The van der Waals surface area contributed by atoms with Crippen LogP contribution in [0.1, 0.15) is 98.8 Å². The molecule has 0 bridgehead atoms. The number of anilines is 1. The first-order valence-electron chi connectivity index (χ1n) is 22.2. The first kappa shape index (κ1) is 47.0. The van der Waals surface area contributed by atoms with Gasteiger partial charge in [0, 0.05) is 36.2 Å². The molecule has 2 saturated carbocycles. The van der Waals surface area contributed by atoms with Crippen molar-refractivity contribution in [3.8, 4) is 5.88 Å².